The summed E-state index contributed by atoms with van der Waals surface area (Å²) in [5.41, 5.74) is 4.15. The van der Waals surface area contributed by atoms with Crippen molar-refractivity contribution in [3.63, 3.8) is 0 Å². The lowest BCUT2D eigenvalue weighted by Gasteiger charge is -2.40. The largest absolute Gasteiger partial charge is 0.393 e. The average molecular weight is 685 g/mol. The van der Waals surface area contributed by atoms with Gasteiger partial charge in [-0.2, -0.15) is 18.4 Å². The first-order chi connectivity index (χ1) is 23.0. The predicted molar refractivity (Wildman–Crippen MR) is 181 cm³/mol. The Morgan fingerprint density at radius 2 is 1.81 bits per heavy atom. The molecule has 2 aliphatic heterocycles. The molecule has 0 spiro atoms. The van der Waals surface area contributed by atoms with Crippen molar-refractivity contribution in [2.75, 3.05) is 58.3 Å². The molecule has 48 heavy (non-hydrogen) atoms. The number of aliphatic hydroxyl groups excluding tert-OH is 1. The lowest BCUT2D eigenvalue weighted by molar-refractivity contribution is -0.126. The number of aryl methyl sites for hydroxylation is 1. The fraction of sp³-hybridized carbons (Fsp3) is 0.559. The zero-order chi connectivity index (χ0) is 34.0. The minimum Gasteiger partial charge on any atom is -0.381 e. The Morgan fingerprint density at radius 1 is 1.08 bits per heavy atom. The lowest BCUT2D eigenvalue weighted by atomic mass is 10.0. The summed E-state index contributed by atoms with van der Waals surface area (Å²) >= 11 is 1.07. The van der Waals surface area contributed by atoms with Crippen LogP contribution in [0.1, 0.15) is 41.5 Å². The van der Waals surface area contributed by atoms with E-state index < -0.39 is 18.8 Å². The molecule has 1 unspecified atom stereocenters. The van der Waals surface area contributed by atoms with Gasteiger partial charge in [0.05, 0.1) is 18.4 Å². The van der Waals surface area contributed by atoms with E-state index >= 15 is 0 Å². The summed E-state index contributed by atoms with van der Waals surface area (Å²) < 4.78 is 46.1. The van der Waals surface area contributed by atoms with Gasteiger partial charge in [0.1, 0.15) is 35.0 Å². The highest BCUT2D eigenvalue weighted by Gasteiger charge is 2.30. The number of methoxy groups -OCH3 is 1. The number of aromatic nitrogens is 3. The van der Waals surface area contributed by atoms with Crippen molar-refractivity contribution in [1.29, 1.82) is 5.26 Å². The number of nitrogens with one attached hydrogen (secondary N) is 1. The molecule has 3 aromatic heterocycles. The standard InChI is InChI=1S/C34H43F3N8O2S/c1-22(43-10-12-44(13-11-43)31(46)20-47-3)18-45-26(17-38)14-28-23(2)24(4-5-30(28)45)19-42-8-6-25(7-9-42)41-32-29-15-27(16-34(35,36)37)48-33(29)40-21-39-32/h4-5,14-15,21-22,25,31,46H,6-13,16,18-20H2,1-3H3,(H,39,40,41)/t22-,31?/m0/s1. The fourth-order valence-electron chi connectivity index (χ4n) is 7.07. The number of nitrogens with zero attached hydrogens (tertiary/aromatic N) is 7. The number of hydrogen-bond donors (Lipinski definition) is 2. The van der Waals surface area contributed by atoms with E-state index in [9.17, 15) is 23.5 Å². The predicted octanol–water partition coefficient (Wildman–Crippen LogP) is 4.98. The second-order valence-corrected chi connectivity index (χ2v) is 14.1. The Labute approximate surface area is 282 Å². The van der Waals surface area contributed by atoms with Crippen LogP contribution < -0.4 is 5.32 Å². The number of benzene rings is 1. The Hall–Kier alpha value is -3.32. The Morgan fingerprint density at radius 3 is 2.50 bits per heavy atom. The average Bonchev–Trinajstić information content (AvgIpc) is 3.64. The molecule has 0 saturated carbocycles. The number of nitriles is 1. The first-order valence-electron chi connectivity index (χ1n) is 16.5. The smallest absolute Gasteiger partial charge is 0.381 e. The van der Waals surface area contributed by atoms with E-state index in [2.05, 4.69) is 61.7 Å². The van der Waals surface area contributed by atoms with E-state index in [4.69, 9.17) is 4.74 Å². The van der Waals surface area contributed by atoms with Gasteiger partial charge >= 0.3 is 6.18 Å². The van der Waals surface area contributed by atoms with Gasteiger partial charge < -0.3 is 19.7 Å². The third-order valence-electron chi connectivity index (χ3n) is 9.81. The zero-order valence-electron chi connectivity index (χ0n) is 27.6. The molecule has 5 heterocycles. The van der Waals surface area contributed by atoms with Crippen LogP contribution in [0.15, 0.2) is 30.6 Å². The summed E-state index contributed by atoms with van der Waals surface area (Å²) in [6, 6.07) is 10.7. The van der Waals surface area contributed by atoms with Gasteiger partial charge in [-0.05, 0) is 56.0 Å². The van der Waals surface area contributed by atoms with Gasteiger partial charge in [0.25, 0.3) is 0 Å². The third kappa shape index (κ3) is 7.77. The highest BCUT2D eigenvalue weighted by molar-refractivity contribution is 7.18. The van der Waals surface area contributed by atoms with Gasteiger partial charge in [0.2, 0.25) is 0 Å². The van der Waals surface area contributed by atoms with Gasteiger partial charge in [-0.25, -0.2) is 9.97 Å². The molecule has 2 fully saturated rings. The molecule has 2 atom stereocenters. The van der Waals surface area contributed by atoms with Crippen molar-refractivity contribution >= 4 is 38.3 Å². The van der Waals surface area contributed by atoms with Crippen LogP contribution in [-0.4, -0.2) is 112 Å². The minimum atomic E-state index is -4.26. The molecule has 4 aromatic rings. The van der Waals surface area contributed by atoms with Gasteiger partial charge in [-0.15, -0.1) is 11.3 Å². The van der Waals surface area contributed by atoms with Crippen molar-refractivity contribution in [1.82, 2.24) is 29.2 Å². The molecular formula is C34H43F3N8O2S. The number of alkyl halides is 3. The van der Waals surface area contributed by atoms with Crippen molar-refractivity contribution in [2.45, 2.75) is 70.7 Å². The van der Waals surface area contributed by atoms with Crippen molar-refractivity contribution in [3.05, 3.63) is 52.3 Å². The number of halogens is 3. The maximum absolute atomic E-state index is 13.0. The van der Waals surface area contributed by atoms with E-state index in [0.29, 0.717) is 34.9 Å². The van der Waals surface area contributed by atoms with Crippen LogP contribution in [0.3, 0.4) is 0 Å². The normalized spacial score (nSPS) is 18.8. The van der Waals surface area contributed by atoms with Crippen molar-refractivity contribution in [2.24, 2.45) is 0 Å². The lowest BCUT2D eigenvalue weighted by Crippen LogP contribution is -2.54. The molecule has 1 aromatic carbocycles. The molecule has 258 valence electrons. The summed E-state index contributed by atoms with van der Waals surface area (Å²) in [6.07, 6.45) is -2.61. The second-order valence-electron chi connectivity index (χ2n) is 13.0. The SMILES string of the molecule is COCC(O)N1CCN([C@@H](C)Cn2c(C#N)cc3c(C)c(CN4CCC(Nc5ncnc6sc(CC(F)(F)F)cc56)CC4)ccc32)CC1. The van der Waals surface area contributed by atoms with Gasteiger partial charge in [0.15, 0.2) is 0 Å². The van der Waals surface area contributed by atoms with Crippen molar-refractivity contribution in [3.8, 4) is 6.07 Å². The second kappa shape index (κ2) is 14.7. The Bertz CT molecular complexity index is 1750. The molecule has 14 heteroatoms. The molecule has 0 bridgehead atoms. The third-order valence-corrected chi connectivity index (χ3v) is 10.9. The zero-order valence-corrected chi connectivity index (χ0v) is 28.4. The van der Waals surface area contributed by atoms with E-state index in [1.165, 1.54) is 17.5 Å². The molecular weight excluding hydrogens is 641 g/mol. The number of thiophene rings is 1. The number of ether oxygens (including phenoxy) is 1. The Kier molecular flexibility index (Phi) is 10.5. The number of anilines is 1. The van der Waals surface area contributed by atoms with Crippen LogP contribution in [0.2, 0.25) is 0 Å². The Balaban J connectivity index is 1.07. The quantitative estimate of drug-likeness (QED) is 0.227. The molecule has 2 aliphatic rings. The highest BCUT2D eigenvalue weighted by atomic mass is 32.1. The molecule has 6 rings (SSSR count). The van der Waals surface area contributed by atoms with Gasteiger partial charge in [0, 0.05) is 87.3 Å². The number of fused-ring (bicyclic) bond motifs is 2. The van der Waals surface area contributed by atoms with Crippen LogP contribution in [-0.2, 0) is 24.2 Å². The van der Waals surface area contributed by atoms with Gasteiger partial charge in [-0.1, -0.05) is 6.07 Å². The number of piperidine rings is 1. The fourth-order valence-corrected chi connectivity index (χ4v) is 8.09. The molecule has 0 amide bonds. The van der Waals surface area contributed by atoms with Crippen LogP contribution in [0.25, 0.3) is 21.1 Å². The minimum absolute atomic E-state index is 0.168. The first-order valence-corrected chi connectivity index (χ1v) is 17.3. The monoisotopic (exact) mass is 684 g/mol. The number of rotatable bonds is 11. The first kappa shape index (κ1) is 34.5. The van der Waals surface area contributed by atoms with E-state index in [0.717, 1.165) is 80.9 Å². The number of aliphatic hydroxyl groups is 1. The maximum atomic E-state index is 13.0. The van der Waals surface area contributed by atoms with Crippen LogP contribution in [0.4, 0.5) is 19.0 Å². The van der Waals surface area contributed by atoms with E-state index in [1.807, 2.05) is 11.0 Å². The summed E-state index contributed by atoms with van der Waals surface area (Å²) in [7, 11) is 1.60. The number of likely N-dealkylation sites (tertiary alicyclic amines) is 1. The molecule has 10 nitrogen and oxygen atoms in total. The molecule has 2 saturated heterocycles. The maximum Gasteiger partial charge on any atom is 0.393 e. The summed E-state index contributed by atoms with van der Waals surface area (Å²) in [6.45, 7) is 11.1. The molecule has 2 N–H and O–H groups in total. The summed E-state index contributed by atoms with van der Waals surface area (Å²) in [4.78, 5) is 16.3. The van der Waals surface area contributed by atoms with Gasteiger partial charge in [-0.3, -0.25) is 14.7 Å². The summed E-state index contributed by atoms with van der Waals surface area (Å²) in [5.74, 6) is 0.597. The number of piperazine rings is 1. The number of hydrogen-bond acceptors (Lipinski definition) is 10. The summed E-state index contributed by atoms with van der Waals surface area (Å²) in [5, 5.41) is 25.6. The van der Waals surface area contributed by atoms with E-state index in [-0.39, 0.29) is 17.0 Å². The molecule has 0 aliphatic carbocycles. The molecule has 0 radical (unpaired) electrons. The van der Waals surface area contributed by atoms with Crippen molar-refractivity contribution < 1.29 is 23.0 Å². The topological polar surface area (TPSA) is 106 Å². The van der Waals surface area contributed by atoms with Crippen LogP contribution in [0.5, 0.6) is 0 Å². The van der Waals surface area contributed by atoms with Crippen LogP contribution in [0, 0.1) is 18.3 Å². The van der Waals surface area contributed by atoms with Crippen LogP contribution >= 0.6 is 11.3 Å². The highest BCUT2D eigenvalue weighted by Crippen LogP contribution is 2.33. The van der Waals surface area contributed by atoms with E-state index in [1.54, 1.807) is 13.2 Å².